The Hall–Kier alpha value is -0.487. The predicted octanol–water partition coefficient (Wildman–Crippen LogP) is 0.652. The van der Waals surface area contributed by atoms with Gasteiger partial charge in [0.2, 0.25) is 0 Å². The average molecular weight is 452 g/mol. The first-order valence-electron chi connectivity index (χ1n) is 8.16. The topological polar surface area (TPSA) is 0 Å². The molecule has 0 nitrogen and oxygen atoms in total. The van der Waals surface area contributed by atoms with E-state index in [1.54, 1.807) is 0 Å². The number of rotatable bonds is 2. The van der Waals surface area contributed by atoms with Gasteiger partial charge in [-0.1, -0.05) is 70.5 Å². The molecule has 0 spiro atoms. The van der Waals surface area contributed by atoms with Crippen molar-refractivity contribution in [2.45, 2.75) is 46.0 Å². The number of halogens is 2. The molecule has 1 radical (unpaired) electrons. The Balaban J connectivity index is 0.00000192. The zero-order valence-corrected chi connectivity index (χ0v) is 19.5. The van der Waals surface area contributed by atoms with Crippen molar-refractivity contribution in [3.05, 3.63) is 65.7 Å². The fourth-order valence-electron chi connectivity index (χ4n) is 2.99. The largest absolute Gasteiger partial charge is 3.00 e. The molecule has 0 aliphatic carbocycles. The van der Waals surface area contributed by atoms with E-state index in [1.807, 2.05) is 0 Å². The Labute approximate surface area is 183 Å². The summed E-state index contributed by atoms with van der Waals surface area (Å²) in [5.74, 6) is 0.573. The summed E-state index contributed by atoms with van der Waals surface area (Å²) in [5.41, 5.74) is 5.65. The molecular weight excluding hydrogens is 426 g/mol. The molecular formula is C22H25Cl2Zr. The summed E-state index contributed by atoms with van der Waals surface area (Å²) < 4.78 is 0. The zero-order chi connectivity index (χ0) is 15.9. The van der Waals surface area contributed by atoms with Gasteiger partial charge in [-0.3, -0.25) is 0 Å². The molecule has 0 bridgehead atoms. The minimum absolute atomic E-state index is 0. The Morgan fingerprint density at radius 1 is 0.880 bits per heavy atom. The van der Waals surface area contributed by atoms with Crippen molar-refractivity contribution in [3.8, 4) is 11.1 Å². The van der Waals surface area contributed by atoms with E-state index in [2.05, 4.69) is 89.2 Å². The average Bonchev–Trinajstić information content (AvgIpc) is 2.90. The molecule has 0 fully saturated rings. The molecule has 25 heavy (non-hydrogen) atoms. The van der Waals surface area contributed by atoms with Crippen molar-refractivity contribution in [1.82, 2.24) is 0 Å². The van der Waals surface area contributed by atoms with Crippen molar-refractivity contribution in [1.29, 1.82) is 0 Å². The molecule has 0 heterocycles. The standard InChI is InChI=1S/C22H25.2ClH.Zr/c1-15(2)18-13-17-7-6-8-20(21(17)14-18)16-9-11-19(12-10-16)22(3,4)5;;;/h6-15H,1-5H3;2*1H;/q-1;;;+3/p-2. The SMILES string of the molecule is CC(C)c1cc2c(-c3ccc(C(C)(C)C)cc3)cccc2[cH-]1.[Cl-].[Cl-].[Zr+3]. The number of benzene rings is 2. The molecule has 0 saturated carbocycles. The first kappa shape index (κ1) is 24.5. The van der Waals surface area contributed by atoms with E-state index in [-0.39, 0.29) is 56.4 Å². The number of hydrogen-bond acceptors (Lipinski definition) is 0. The van der Waals surface area contributed by atoms with E-state index >= 15 is 0 Å². The minimum atomic E-state index is 0. The zero-order valence-electron chi connectivity index (χ0n) is 15.5. The van der Waals surface area contributed by atoms with Crippen LogP contribution in [0.4, 0.5) is 0 Å². The summed E-state index contributed by atoms with van der Waals surface area (Å²) >= 11 is 0. The third-order valence-electron chi connectivity index (χ3n) is 4.50. The third-order valence-corrected chi connectivity index (χ3v) is 4.50. The smallest absolute Gasteiger partial charge is 1.00 e. The Morgan fingerprint density at radius 3 is 2.00 bits per heavy atom. The van der Waals surface area contributed by atoms with E-state index in [0.29, 0.717) is 5.92 Å². The monoisotopic (exact) mass is 449 g/mol. The molecule has 3 aromatic carbocycles. The van der Waals surface area contributed by atoms with Gasteiger partial charge in [0, 0.05) is 0 Å². The Morgan fingerprint density at radius 2 is 1.48 bits per heavy atom. The molecule has 0 atom stereocenters. The Kier molecular flexibility index (Phi) is 9.27. The van der Waals surface area contributed by atoms with Crippen LogP contribution in [0.3, 0.4) is 0 Å². The molecule has 0 aliphatic heterocycles. The van der Waals surface area contributed by atoms with E-state index in [0.717, 1.165) is 0 Å². The van der Waals surface area contributed by atoms with Crippen LogP contribution in [-0.2, 0) is 31.6 Å². The van der Waals surface area contributed by atoms with Gasteiger partial charge in [-0.15, -0.1) is 34.5 Å². The maximum atomic E-state index is 2.35. The van der Waals surface area contributed by atoms with Crippen molar-refractivity contribution in [2.24, 2.45) is 0 Å². The molecule has 3 aromatic rings. The first-order chi connectivity index (χ1) is 10.4. The van der Waals surface area contributed by atoms with Gasteiger partial charge in [0.1, 0.15) is 0 Å². The first-order valence-corrected chi connectivity index (χ1v) is 8.16. The van der Waals surface area contributed by atoms with Crippen LogP contribution in [-0.4, -0.2) is 0 Å². The second kappa shape index (κ2) is 9.45. The van der Waals surface area contributed by atoms with Crippen molar-refractivity contribution in [2.75, 3.05) is 0 Å². The molecule has 0 N–H and O–H groups in total. The van der Waals surface area contributed by atoms with Gasteiger partial charge >= 0.3 is 26.2 Å². The maximum Gasteiger partial charge on any atom is 3.00 e. The molecule has 0 aromatic heterocycles. The summed E-state index contributed by atoms with van der Waals surface area (Å²) in [6, 6.07) is 20.3. The summed E-state index contributed by atoms with van der Waals surface area (Å²) in [5, 5.41) is 2.72. The molecule has 0 unspecified atom stereocenters. The van der Waals surface area contributed by atoms with Crippen LogP contribution in [0.5, 0.6) is 0 Å². The van der Waals surface area contributed by atoms with Gasteiger partial charge in [0.05, 0.1) is 0 Å². The van der Waals surface area contributed by atoms with Crippen LogP contribution in [0.1, 0.15) is 51.7 Å². The molecule has 3 heteroatoms. The van der Waals surface area contributed by atoms with E-state index < -0.39 is 0 Å². The summed E-state index contributed by atoms with van der Waals surface area (Å²) in [7, 11) is 0. The van der Waals surface area contributed by atoms with E-state index in [9.17, 15) is 0 Å². The van der Waals surface area contributed by atoms with Gasteiger partial charge in [-0.2, -0.15) is 6.07 Å². The van der Waals surface area contributed by atoms with E-state index in [1.165, 1.54) is 33.0 Å². The van der Waals surface area contributed by atoms with E-state index in [4.69, 9.17) is 0 Å². The fraction of sp³-hybridized carbons (Fsp3) is 0.318. The van der Waals surface area contributed by atoms with Gasteiger partial charge in [-0.25, -0.2) is 0 Å². The van der Waals surface area contributed by atoms with Crippen LogP contribution in [0, 0.1) is 0 Å². The van der Waals surface area contributed by atoms with Gasteiger partial charge < -0.3 is 24.8 Å². The molecule has 3 rings (SSSR count). The molecule has 0 saturated heterocycles. The molecule has 0 amide bonds. The minimum Gasteiger partial charge on any atom is -1.00 e. The van der Waals surface area contributed by atoms with Crippen LogP contribution < -0.4 is 24.8 Å². The van der Waals surface area contributed by atoms with Crippen LogP contribution in [0.2, 0.25) is 0 Å². The van der Waals surface area contributed by atoms with Crippen LogP contribution in [0.15, 0.2) is 54.6 Å². The third kappa shape index (κ3) is 5.25. The summed E-state index contributed by atoms with van der Waals surface area (Å²) in [6.45, 7) is 11.3. The van der Waals surface area contributed by atoms with Crippen molar-refractivity contribution < 1.29 is 51.0 Å². The second-order valence-electron chi connectivity index (χ2n) is 7.58. The van der Waals surface area contributed by atoms with Crippen molar-refractivity contribution in [3.63, 3.8) is 0 Å². The fourth-order valence-corrected chi connectivity index (χ4v) is 2.99. The van der Waals surface area contributed by atoms with Gasteiger partial charge in [0.25, 0.3) is 0 Å². The molecule has 131 valence electrons. The second-order valence-corrected chi connectivity index (χ2v) is 7.58. The number of fused-ring (bicyclic) bond motifs is 1. The Bertz CT molecular complexity index is 793. The van der Waals surface area contributed by atoms with Crippen LogP contribution >= 0.6 is 0 Å². The summed E-state index contributed by atoms with van der Waals surface area (Å²) in [6.07, 6.45) is 0. The normalized spacial score (nSPS) is 10.8. The quantitative estimate of drug-likeness (QED) is 0.502. The predicted molar refractivity (Wildman–Crippen MR) is 97.8 cm³/mol. The van der Waals surface area contributed by atoms with Crippen LogP contribution in [0.25, 0.3) is 21.9 Å². The van der Waals surface area contributed by atoms with Gasteiger partial charge in [0.15, 0.2) is 0 Å². The molecule has 0 aliphatic rings. The maximum absolute atomic E-state index is 2.35. The van der Waals surface area contributed by atoms with Gasteiger partial charge in [-0.05, 0) is 22.5 Å². The number of hydrogen-bond donors (Lipinski definition) is 0. The van der Waals surface area contributed by atoms with Crippen molar-refractivity contribution >= 4 is 10.8 Å². The summed E-state index contributed by atoms with van der Waals surface area (Å²) in [4.78, 5) is 0.